The highest BCUT2D eigenvalue weighted by atomic mass is 16.3. The Labute approximate surface area is 172 Å². The van der Waals surface area contributed by atoms with Crippen LogP contribution < -0.4 is 5.43 Å². The van der Waals surface area contributed by atoms with Gasteiger partial charge < -0.3 is 14.4 Å². The summed E-state index contributed by atoms with van der Waals surface area (Å²) in [6.07, 6.45) is 0. The molecule has 5 nitrogen and oxygen atoms in total. The van der Waals surface area contributed by atoms with Crippen molar-refractivity contribution in [3.63, 3.8) is 0 Å². The fourth-order valence-corrected chi connectivity index (χ4v) is 4.10. The van der Waals surface area contributed by atoms with Crippen molar-refractivity contribution in [3.8, 4) is 28.0 Å². The second kappa shape index (κ2) is 6.59. The van der Waals surface area contributed by atoms with Crippen LogP contribution in [0.2, 0.25) is 0 Å². The van der Waals surface area contributed by atoms with E-state index in [1.165, 1.54) is 12.1 Å². The SMILES string of the molecule is Cc1oc2cc(O)ccc2c(=O)c1-c1ccc(-c2ccc3c(c2)CN(C)C3=O)cc1. The quantitative estimate of drug-likeness (QED) is 0.531. The van der Waals surface area contributed by atoms with E-state index in [1.54, 1.807) is 24.9 Å². The van der Waals surface area contributed by atoms with Crippen LogP contribution in [0.4, 0.5) is 0 Å². The largest absolute Gasteiger partial charge is 0.508 e. The highest BCUT2D eigenvalue weighted by molar-refractivity contribution is 5.98. The number of benzene rings is 3. The third kappa shape index (κ3) is 2.78. The number of phenols is 1. The van der Waals surface area contributed by atoms with Gasteiger partial charge in [0.15, 0.2) is 0 Å². The Morgan fingerprint density at radius 1 is 0.900 bits per heavy atom. The van der Waals surface area contributed by atoms with Crippen LogP contribution in [0.5, 0.6) is 5.75 Å². The second-order valence-corrected chi connectivity index (χ2v) is 7.65. The molecule has 0 atom stereocenters. The number of fused-ring (bicyclic) bond motifs is 2. The summed E-state index contributed by atoms with van der Waals surface area (Å²) in [4.78, 5) is 26.8. The lowest BCUT2D eigenvalue weighted by Gasteiger charge is -2.09. The van der Waals surface area contributed by atoms with E-state index < -0.39 is 0 Å². The minimum absolute atomic E-state index is 0.0544. The molecule has 1 amide bonds. The maximum absolute atomic E-state index is 13.0. The van der Waals surface area contributed by atoms with Crippen molar-refractivity contribution in [1.82, 2.24) is 4.90 Å². The van der Waals surface area contributed by atoms with Gasteiger partial charge in [-0.15, -0.1) is 0 Å². The van der Waals surface area contributed by atoms with Gasteiger partial charge in [-0.05, 0) is 53.4 Å². The molecule has 0 fully saturated rings. The van der Waals surface area contributed by atoms with Gasteiger partial charge in [0.25, 0.3) is 5.91 Å². The first-order valence-corrected chi connectivity index (χ1v) is 9.68. The first-order chi connectivity index (χ1) is 14.4. The molecule has 1 N–H and O–H groups in total. The third-order valence-corrected chi connectivity index (χ3v) is 5.65. The molecule has 148 valence electrons. The molecule has 0 spiro atoms. The van der Waals surface area contributed by atoms with E-state index in [9.17, 15) is 14.7 Å². The monoisotopic (exact) mass is 397 g/mol. The van der Waals surface area contributed by atoms with Crippen LogP contribution in [-0.4, -0.2) is 23.0 Å². The Morgan fingerprint density at radius 3 is 2.37 bits per heavy atom. The molecule has 0 saturated carbocycles. The van der Waals surface area contributed by atoms with Gasteiger partial charge in [0.2, 0.25) is 5.43 Å². The Kier molecular flexibility index (Phi) is 4.00. The van der Waals surface area contributed by atoms with Crippen molar-refractivity contribution in [1.29, 1.82) is 0 Å². The number of aromatic hydroxyl groups is 1. The van der Waals surface area contributed by atoms with E-state index in [-0.39, 0.29) is 17.1 Å². The molecular formula is C25H19NO4. The molecule has 1 aliphatic heterocycles. The number of carbonyl (C=O) groups is 1. The van der Waals surface area contributed by atoms with Crippen molar-refractivity contribution in [2.24, 2.45) is 0 Å². The van der Waals surface area contributed by atoms with Gasteiger partial charge in [-0.25, -0.2) is 0 Å². The molecule has 1 aromatic heterocycles. The molecule has 4 aromatic rings. The Balaban J connectivity index is 1.55. The lowest BCUT2D eigenvalue weighted by molar-refractivity contribution is 0.0816. The topological polar surface area (TPSA) is 70.8 Å². The number of rotatable bonds is 2. The van der Waals surface area contributed by atoms with Crippen LogP contribution in [0.1, 0.15) is 21.7 Å². The van der Waals surface area contributed by atoms with Gasteiger partial charge in [-0.2, -0.15) is 0 Å². The molecule has 0 radical (unpaired) electrons. The van der Waals surface area contributed by atoms with E-state index >= 15 is 0 Å². The minimum Gasteiger partial charge on any atom is -0.508 e. The second-order valence-electron chi connectivity index (χ2n) is 7.65. The maximum Gasteiger partial charge on any atom is 0.254 e. The van der Waals surface area contributed by atoms with Crippen LogP contribution in [0.15, 0.2) is 69.9 Å². The smallest absolute Gasteiger partial charge is 0.254 e. The normalized spacial score (nSPS) is 13.1. The number of hydrogen-bond donors (Lipinski definition) is 1. The Morgan fingerprint density at radius 2 is 1.60 bits per heavy atom. The van der Waals surface area contributed by atoms with Crippen molar-refractivity contribution >= 4 is 16.9 Å². The fraction of sp³-hybridized carbons (Fsp3) is 0.120. The van der Waals surface area contributed by atoms with E-state index in [4.69, 9.17) is 4.42 Å². The number of nitrogens with zero attached hydrogens (tertiary/aromatic N) is 1. The van der Waals surface area contributed by atoms with Crippen molar-refractivity contribution < 1.29 is 14.3 Å². The van der Waals surface area contributed by atoms with E-state index in [1.807, 2.05) is 42.5 Å². The zero-order valence-corrected chi connectivity index (χ0v) is 16.6. The molecular weight excluding hydrogens is 378 g/mol. The first-order valence-electron chi connectivity index (χ1n) is 9.68. The predicted octanol–water partition coefficient (Wildman–Crippen LogP) is 4.73. The maximum atomic E-state index is 13.0. The predicted molar refractivity (Wildman–Crippen MR) is 116 cm³/mol. The fourth-order valence-electron chi connectivity index (χ4n) is 4.10. The van der Waals surface area contributed by atoms with Crippen LogP contribution in [0.25, 0.3) is 33.2 Å². The molecule has 2 heterocycles. The molecule has 3 aromatic carbocycles. The number of carbonyl (C=O) groups excluding carboxylic acids is 1. The van der Waals surface area contributed by atoms with Gasteiger partial charge in [0.05, 0.1) is 10.9 Å². The van der Waals surface area contributed by atoms with Gasteiger partial charge in [0, 0.05) is 25.2 Å². The van der Waals surface area contributed by atoms with Crippen LogP contribution >= 0.6 is 0 Å². The van der Waals surface area contributed by atoms with E-state index in [2.05, 4.69) is 0 Å². The van der Waals surface area contributed by atoms with E-state index in [0.29, 0.717) is 28.8 Å². The number of amides is 1. The molecule has 5 heteroatoms. The minimum atomic E-state index is -0.124. The standard InChI is InChI=1S/C25H19NO4/c1-14-23(24(28)21-10-8-19(27)12-22(21)30-14)16-5-3-15(4-6-16)17-7-9-20-18(11-17)13-26(2)25(20)29/h3-12,27H,13H2,1-2H3. The summed E-state index contributed by atoms with van der Waals surface area (Å²) in [6.45, 7) is 2.37. The summed E-state index contributed by atoms with van der Waals surface area (Å²) in [6, 6.07) is 18.1. The highest BCUT2D eigenvalue weighted by Crippen LogP contribution is 2.30. The molecule has 0 bridgehead atoms. The number of aryl methyl sites for hydroxylation is 1. The van der Waals surface area contributed by atoms with Crippen molar-refractivity contribution in [2.45, 2.75) is 13.5 Å². The lowest BCUT2D eigenvalue weighted by Crippen LogP contribution is -2.17. The van der Waals surface area contributed by atoms with Crippen molar-refractivity contribution in [2.75, 3.05) is 7.05 Å². The number of phenolic OH excluding ortho intramolecular Hbond substituents is 1. The molecule has 1 aliphatic rings. The first kappa shape index (κ1) is 18.2. The Hall–Kier alpha value is -3.86. The van der Waals surface area contributed by atoms with Crippen LogP contribution in [-0.2, 0) is 6.54 Å². The van der Waals surface area contributed by atoms with E-state index in [0.717, 1.165) is 27.8 Å². The lowest BCUT2D eigenvalue weighted by atomic mass is 9.97. The summed E-state index contributed by atoms with van der Waals surface area (Å²) in [5.74, 6) is 0.619. The van der Waals surface area contributed by atoms with Gasteiger partial charge in [0.1, 0.15) is 17.1 Å². The average molecular weight is 397 g/mol. The summed E-state index contributed by atoms with van der Waals surface area (Å²) in [5, 5.41) is 10.1. The Bertz CT molecular complexity index is 1380. The van der Waals surface area contributed by atoms with Crippen molar-refractivity contribution in [3.05, 3.63) is 87.8 Å². The number of hydrogen-bond acceptors (Lipinski definition) is 4. The average Bonchev–Trinajstić information content (AvgIpc) is 3.01. The molecule has 0 saturated heterocycles. The molecule has 5 rings (SSSR count). The summed E-state index contributed by atoms with van der Waals surface area (Å²) in [5.41, 5.74) is 5.36. The summed E-state index contributed by atoms with van der Waals surface area (Å²) >= 11 is 0. The molecule has 0 aliphatic carbocycles. The summed E-state index contributed by atoms with van der Waals surface area (Å²) < 4.78 is 5.80. The van der Waals surface area contributed by atoms with Crippen LogP contribution in [0, 0.1) is 6.92 Å². The molecule has 30 heavy (non-hydrogen) atoms. The van der Waals surface area contributed by atoms with Gasteiger partial charge in [-0.3, -0.25) is 9.59 Å². The zero-order valence-electron chi connectivity index (χ0n) is 16.6. The highest BCUT2D eigenvalue weighted by Gasteiger charge is 2.24. The molecule has 0 unspecified atom stereocenters. The summed E-state index contributed by atoms with van der Waals surface area (Å²) in [7, 11) is 1.80. The van der Waals surface area contributed by atoms with Gasteiger partial charge >= 0.3 is 0 Å². The van der Waals surface area contributed by atoms with Gasteiger partial charge in [-0.1, -0.05) is 30.3 Å². The van der Waals surface area contributed by atoms with Crippen LogP contribution in [0.3, 0.4) is 0 Å². The zero-order chi connectivity index (χ0) is 21.0. The third-order valence-electron chi connectivity index (χ3n) is 5.65.